The van der Waals surface area contributed by atoms with Crippen LogP contribution in [0.25, 0.3) is 0 Å². The highest BCUT2D eigenvalue weighted by Crippen LogP contribution is 2.29. The van der Waals surface area contributed by atoms with Crippen LogP contribution in [0.4, 0.5) is 0 Å². The van der Waals surface area contributed by atoms with E-state index in [-0.39, 0.29) is 6.04 Å². The fourth-order valence-electron chi connectivity index (χ4n) is 1.98. The van der Waals surface area contributed by atoms with Gasteiger partial charge in [-0.25, -0.2) is 0 Å². The second-order valence-electron chi connectivity index (χ2n) is 4.82. The Morgan fingerprint density at radius 3 is 2.70 bits per heavy atom. The summed E-state index contributed by atoms with van der Waals surface area (Å²) in [4.78, 5) is 4.07. The molecule has 4 heteroatoms. The minimum absolute atomic E-state index is 0.120. The lowest BCUT2D eigenvalue weighted by atomic mass is 10.1. The summed E-state index contributed by atoms with van der Waals surface area (Å²) in [6, 6.07) is 9.90. The Morgan fingerprint density at radius 1 is 1.20 bits per heavy atom. The van der Waals surface area contributed by atoms with Crippen LogP contribution in [0.5, 0.6) is 11.5 Å². The van der Waals surface area contributed by atoms with E-state index in [2.05, 4.69) is 4.98 Å². The first kappa shape index (κ1) is 14.3. The Hall–Kier alpha value is -2.07. The van der Waals surface area contributed by atoms with Crippen LogP contribution in [0.15, 0.2) is 42.7 Å². The van der Waals surface area contributed by atoms with Crippen molar-refractivity contribution in [2.24, 2.45) is 5.73 Å². The van der Waals surface area contributed by atoms with E-state index in [1.54, 1.807) is 19.5 Å². The average Bonchev–Trinajstić information content (AvgIpc) is 2.46. The second kappa shape index (κ2) is 6.91. The van der Waals surface area contributed by atoms with Crippen LogP contribution in [0.2, 0.25) is 0 Å². The van der Waals surface area contributed by atoms with E-state index < -0.39 is 0 Å². The molecule has 0 aliphatic carbocycles. The first-order valence-corrected chi connectivity index (χ1v) is 6.63. The smallest absolute Gasteiger partial charge is 0.161 e. The molecule has 2 N–H and O–H groups in total. The summed E-state index contributed by atoms with van der Waals surface area (Å²) in [5.41, 5.74) is 7.99. The number of methoxy groups -OCH3 is 1. The Balaban J connectivity index is 2.12. The summed E-state index contributed by atoms with van der Waals surface area (Å²) in [6.45, 7) is 2.45. The van der Waals surface area contributed by atoms with Crippen LogP contribution in [0.1, 0.15) is 18.1 Å². The zero-order valence-corrected chi connectivity index (χ0v) is 11.9. The maximum absolute atomic E-state index is 5.83. The van der Waals surface area contributed by atoms with Gasteiger partial charge in [0.2, 0.25) is 0 Å². The van der Waals surface area contributed by atoms with Crippen LogP contribution in [-0.4, -0.2) is 18.1 Å². The number of rotatable bonds is 6. The van der Waals surface area contributed by atoms with Gasteiger partial charge < -0.3 is 15.2 Å². The van der Waals surface area contributed by atoms with Crippen LogP contribution < -0.4 is 15.2 Å². The lowest BCUT2D eigenvalue weighted by molar-refractivity contribution is 0.284. The summed E-state index contributed by atoms with van der Waals surface area (Å²) in [5, 5.41) is 0. The molecule has 1 unspecified atom stereocenters. The molecule has 0 bridgehead atoms. The molecule has 2 aromatic rings. The third-order valence-corrected chi connectivity index (χ3v) is 2.90. The van der Waals surface area contributed by atoms with Gasteiger partial charge in [0.15, 0.2) is 11.5 Å². The van der Waals surface area contributed by atoms with Gasteiger partial charge >= 0.3 is 0 Å². The molecule has 0 fully saturated rings. The lowest BCUT2D eigenvalue weighted by Gasteiger charge is -2.13. The Labute approximate surface area is 119 Å². The van der Waals surface area contributed by atoms with Crippen molar-refractivity contribution in [1.29, 1.82) is 0 Å². The molecule has 0 radical (unpaired) electrons. The molecule has 20 heavy (non-hydrogen) atoms. The Bertz CT molecular complexity index is 541. The quantitative estimate of drug-likeness (QED) is 0.878. The molecule has 106 valence electrons. The first-order chi connectivity index (χ1) is 9.69. The van der Waals surface area contributed by atoms with Crippen molar-refractivity contribution in [2.75, 3.05) is 7.11 Å². The second-order valence-corrected chi connectivity index (χ2v) is 4.82. The molecule has 4 nitrogen and oxygen atoms in total. The monoisotopic (exact) mass is 272 g/mol. The molecular formula is C16H20N2O2. The van der Waals surface area contributed by atoms with Crippen molar-refractivity contribution in [2.45, 2.75) is 26.0 Å². The molecule has 0 spiro atoms. The zero-order chi connectivity index (χ0) is 14.4. The number of hydrogen-bond donors (Lipinski definition) is 1. The van der Waals surface area contributed by atoms with E-state index >= 15 is 0 Å². The third kappa shape index (κ3) is 3.96. The number of nitrogens with zero attached hydrogens (tertiary/aromatic N) is 1. The molecule has 1 atom stereocenters. The third-order valence-electron chi connectivity index (χ3n) is 2.90. The number of pyridine rings is 1. The summed E-state index contributed by atoms with van der Waals surface area (Å²) in [5.74, 6) is 1.46. The van der Waals surface area contributed by atoms with E-state index in [9.17, 15) is 0 Å². The molecular weight excluding hydrogens is 252 g/mol. The minimum Gasteiger partial charge on any atom is -0.493 e. The zero-order valence-electron chi connectivity index (χ0n) is 11.9. The lowest BCUT2D eigenvalue weighted by Crippen LogP contribution is -2.17. The van der Waals surface area contributed by atoms with E-state index in [1.165, 1.54) is 0 Å². The SMILES string of the molecule is COc1ccc(CC(C)N)cc1OCc1cccnc1. The van der Waals surface area contributed by atoms with Crippen molar-refractivity contribution < 1.29 is 9.47 Å². The molecule has 1 heterocycles. The number of hydrogen-bond acceptors (Lipinski definition) is 4. The summed E-state index contributed by atoms with van der Waals surface area (Å²) in [6.07, 6.45) is 4.35. The fraction of sp³-hybridized carbons (Fsp3) is 0.312. The first-order valence-electron chi connectivity index (χ1n) is 6.63. The van der Waals surface area contributed by atoms with E-state index in [4.69, 9.17) is 15.2 Å². The number of ether oxygens (including phenoxy) is 2. The molecule has 0 saturated carbocycles. The van der Waals surface area contributed by atoms with Gasteiger partial charge in [-0.3, -0.25) is 4.98 Å². The summed E-state index contributed by atoms with van der Waals surface area (Å²) < 4.78 is 11.2. The van der Waals surface area contributed by atoms with Gasteiger partial charge in [-0.1, -0.05) is 12.1 Å². The predicted octanol–water partition coefficient (Wildman–Crippen LogP) is 2.56. The normalized spacial score (nSPS) is 11.9. The van der Waals surface area contributed by atoms with Crippen molar-refractivity contribution >= 4 is 0 Å². The molecule has 0 saturated heterocycles. The highest BCUT2D eigenvalue weighted by molar-refractivity contribution is 5.43. The van der Waals surface area contributed by atoms with Gasteiger partial charge in [0.05, 0.1) is 7.11 Å². The van der Waals surface area contributed by atoms with E-state index in [1.807, 2.05) is 37.3 Å². The molecule has 2 rings (SSSR count). The minimum atomic E-state index is 0.120. The van der Waals surface area contributed by atoms with Crippen molar-refractivity contribution in [1.82, 2.24) is 4.98 Å². The number of benzene rings is 1. The fourth-order valence-corrected chi connectivity index (χ4v) is 1.98. The van der Waals surface area contributed by atoms with Crippen molar-refractivity contribution in [3.8, 4) is 11.5 Å². The van der Waals surface area contributed by atoms with Gasteiger partial charge in [-0.05, 0) is 37.1 Å². The molecule has 1 aromatic carbocycles. The Morgan fingerprint density at radius 2 is 2.05 bits per heavy atom. The van der Waals surface area contributed by atoms with Gasteiger partial charge in [-0.15, -0.1) is 0 Å². The van der Waals surface area contributed by atoms with Gasteiger partial charge in [0.25, 0.3) is 0 Å². The topological polar surface area (TPSA) is 57.4 Å². The standard InChI is InChI=1S/C16H20N2O2/c1-12(17)8-13-5-6-15(19-2)16(9-13)20-11-14-4-3-7-18-10-14/h3-7,9-10,12H,8,11,17H2,1-2H3. The van der Waals surface area contributed by atoms with Crippen LogP contribution in [-0.2, 0) is 13.0 Å². The average molecular weight is 272 g/mol. The summed E-state index contributed by atoms with van der Waals surface area (Å²) >= 11 is 0. The van der Waals surface area contributed by atoms with Crippen LogP contribution in [0, 0.1) is 0 Å². The predicted molar refractivity (Wildman–Crippen MR) is 78.9 cm³/mol. The highest BCUT2D eigenvalue weighted by atomic mass is 16.5. The molecule has 0 amide bonds. The number of aromatic nitrogens is 1. The molecule has 0 aliphatic heterocycles. The van der Waals surface area contributed by atoms with Crippen LogP contribution >= 0.6 is 0 Å². The van der Waals surface area contributed by atoms with E-state index in [0.29, 0.717) is 6.61 Å². The maximum Gasteiger partial charge on any atom is 0.161 e. The summed E-state index contributed by atoms with van der Waals surface area (Å²) in [7, 11) is 1.64. The molecule has 1 aromatic heterocycles. The maximum atomic E-state index is 5.83. The van der Waals surface area contributed by atoms with Gasteiger partial charge in [0.1, 0.15) is 6.61 Å². The Kier molecular flexibility index (Phi) is 4.96. The van der Waals surface area contributed by atoms with Gasteiger partial charge in [0, 0.05) is 24.0 Å². The molecule has 0 aliphatic rings. The van der Waals surface area contributed by atoms with Crippen molar-refractivity contribution in [3.63, 3.8) is 0 Å². The largest absolute Gasteiger partial charge is 0.493 e. The highest BCUT2D eigenvalue weighted by Gasteiger charge is 2.07. The van der Waals surface area contributed by atoms with Crippen molar-refractivity contribution in [3.05, 3.63) is 53.9 Å². The number of nitrogens with two attached hydrogens (primary N) is 1. The van der Waals surface area contributed by atoms with Crippen LogP contribution in [0.3, 0.4) is 0 Å². The van der Waals surface area contributed by atoms with E-state index in [0.717, 1.165) is 29.0 Å². The van der Waals surface area contributed by atoms with Gasteiger partial charge in [-0.2, -0.15) is 0 Å².